The first-order chi connectivity index (χ1) is 7.81. The fourth-order valence-corrected chi connectivity index (χ4v) is 1.96. The molecule has 0 bridgehead atoms. The van der Waals surface area contributed by atoms with E-state index in [0.717, 1.165) is 4.47 Å². The Kier molecular flexibility index (Phi) is 3.44. The predicted octanol–water partition coefficient (Wildman–Crippen LogP) is 4.29. The van der Waals surface area contributed by atoms with Crippen molar-refractivity contribution in [2.45, 2.75) is 6.42 Å². The van der Waals surface area contributed by atoms with Gasteiger partial charge in [0.25, 0.3) is 0 Å². The summed E-state index contributed by atoms with van der Waals surface area (Å²) >= 11 is 3.43. The normalized spacial score (nSPS) is 9.75. The number of terminal acetylenes is 1. The Hall–Kier alpha value is -1.52. The van der Waals surface area contributed by atoms with E-state index >= 15 is 0 Å². The minimum atomic E-state index is 0.673. The molecule has 0 aliphatic rings. The van der Waals surface area contributed by atoms with E-state index < -0.39 is 0 Å². The van der Waals surface area contributed by atoms with Gasteiger partial charge >= 0.3 is 0 Å². The summed E-state index contributed by atoms with van der Waals surface area (Å²) < 4.78 is 1.09. The van der Waals surface area contributed by atoms with Crippen molar-refractivity contribution in [1.29, 1.82) is 0 Å². The van der Waals surface area contributed by atoms with Crippen LogP contribution in [0.2, 0.25) is 0 Å². The third-order valence-electron chi connectivity index (χ3n) is 2.47. The second-order valence-corrected chi connectivity index (χ2v) is 4.46. The lowest BCUT2D eigenvalue weighted by molar-refractivity contribution is 1.32. The molecule has 0 radical (unpaired) electrons. The third kappa shape index (κ3) is 2.35. The van der Waals surface area contributed by atoms with Gasteiger partial charge in [-0.2, -0.15) is 0 Å². The monoisotopic (exact) mass is 270 g/mol. The highest BCUT2D eigenvalue weighted by Crippen LogP contribution is 2.25. The lowest BCUT2D eigenvalue weighted by Gasteiger charge is -2.07. The minimum absolute atomic E-state index is 0.673. The Labute approximate surface area is 104 Å². The van der Waals surface area contributed by atoms with Gasteiger partial charge in [-0.05, 0) is 28.8 Å². The summed E-state index contributed by atoms with van der Waals surface area (Å²) in [6.07, 6.45) is 6.05. The van der Waals surface area contributed by atoms with Crippen LogP contribution in [0.5, 0.6) is 0 Å². The van der Waals surface area contributed by atoms with Gasteiger partial charge in [0.05, 0.1) is 0 Å². The van der Waals surface area contributed by atoms with Crippen molar-refractivity contribution < 1.29 is 0 Å². The summed E-state index contributed by atoms with van der Waals surface area (Å²) in [6.45, 7) is 0. The van der Waals surface area contributed by atoms with E-state index in [1.165, 1.54) is 16.7 Å². The molecular formula is C15H11Br. The summed E-state index contributed by atoms with van der Waals surface area (Å²) in [5, 5.41) is 0. The van der Waals surface area contributed by atoms with Gasteiger partial charge in [0.15, 0.2) is 0 Å². The Balaban J connectivity index is 2.47. The van der Waals surface area contributed by atoms with E-state index in [0.29, 0.717) is 6.42 Å². The average molecular weight is 271 g/mol. The molecule has 2 aromatic carbocycles. The lowest BCUT2D eigenvalue weighted by atomic mass is 9.98. The summed E-state index contributed by atoms with van der Waals surface area (Å²) in [5.41, 5.74) is 3.62. The molecule has 0 aromatic heterocycles. The largest absolute Gasteiger partial charge is 0.120 e. The second kappa shape index (κ2) is 5.01. The van der Waals surface area contributed by atoms with Crippen molar-refractivity contribution in [2.75, 3.05) is 0 Å². The molecule has 0 saturated heterocycles. The van der Waals surface area contributed by atoms with E-state index in [4.69, 9.17) is 6.42 Å². The Morgan fingerprint density at radius 1 is 1.00 bits per heavy atom. The fourth-order valence-electron chi connectivity index (χ4n) is 1.70. The first-order valence-corrected chi connectivity index (χ1v) is 5.88. The SMILES string of the molecule is C#CCc1ccccc1-c1ccc(Br)cc1. The van der Waals surface area contributed by atoms with Gasteiger partial charge in [-0.15, -0.1) is 12.3 Å². The maximum atomic E-state index is 5.37. The Morgan fingerprint density at radius 2 is 1.69 bits per heavy atom. The molecule has 1 heteroatoms. The Morgan fingerprint density at radius 3 is 2.38 bits per heavy atom. The van der Waals surface area contributed by atoms with Gasteiger partial charge in [-0.1, -0.05) is 52.3 Å². The topological polar surface area (TPSA) is 0 Å². The maximum absolute atomic E-state index is 5.37. The third-order valence-corrected chi connectivity index (χ3v) is 2.99. The lowest BCUT2D eigenvalue weighted by Crippen LogP contribution is -1.87. The van der Waals surface area contributed by atoms with Crippen molar-refractivity contribution in [3.63, 3.8) is 0 Å². The zero-order valence-electron chi connectivity index (χ0n) is 8.78. The molecule has 0 spiro atoms. The van der Waals surface area contributed by atoms with Crippen LogP contribution in [0.4, 0.5) is 0 Å². The molecule has 0 aliphatic carbocycles. The molecule has 0 fully saturated rings. The van der Waals surface area contributed by atoms with Gasteiger partial charge < -0.3 is 0 Å². The first kappa shape index (κ1) is 11.0. The quantitative estimate of drug-likeness (QED) is 0.715. The van der Waals surface area contributed by atoms with Gasteiger partial charge in [0, 0.05) is 10.9 Å². The van der Waals surface area contributed by atoms with Gasteiger partial charge in [-0.25, -0.2) is 0 Å². The second-order valence-electron chi connectivity index (χ2n) is 3.54. The van der Waals surface area contributed by atoms with E-state index in [1.807, 2.05) is 24.3 Å². The molecule has 0 N–H and O–H groups in total. The van der Waals surface area contributed by atoms with Crippen molar-refractivity contribution >= 4 is 15.9 Å². The first-order valence-electron chi connectivity index (χ1n) is 5.08. The van der Waals surface area contributed by atoms with E-state index in [1.54, 1.807) is 0 Å². The molecular weight excluding hydrogens is 260 g/mol. The van der Waals surface area contributed by atoms with Crippen LogP contribution in [-0.2, 0) is 6.42 Å². The van der Waals surface area contributed by atoms with E-state index in [-0.39, 0.29) is 0 Å². The number of hydrogen-bond acceptors (Lipinski definition) is 0. The van der Waals surface area contributed by atoms with Crippen LogP contribution in [0.15, 0.2) is 53.0 Å². The van der Waals surface area contributed by atoms with Crippen molar-refractivity contribution in [3.05, 3.63) is 58.6 Å². The summed E-state index contributed by atoms with van der Waals surface area (Å²) in [4.78, 5) is 0. The molecule has 16 heavy (non-hydrogen) atoms. The van der Waals surface area contributed by atoms with Gasteiger partial charge in [0.1, 0.15) is 0 Å². The average Bonchev–Trinajstić information content (AvgIpc) is 2.32. The highest BCUT2D eigenvalue weighted by molar-refractivity contribution is 9.10. The highest BCUT2D eigenvalue weighted by atomic mass is 79.9. The zero-order valence-corrected chi connectivity index (χ0v) is 10.4. The summed E-state index contributed by atoms with van der Waals surface area (Å²) in [5.74, 6) is 2.70. The smallest absolute Gasteiger partial charge is 0.0343 e. The molecule has 0 atom stereocenters. The summed E-state index contributed by atoms with van der Waals surface area (Å²) in [6, 6.07) is 16.5. The van der Waals surface area contributed by atoms with Crippen LogP contribution in [0.1, 0.15) is 5.56 Å². The number of rotatable bonds is 2. The van der Waals surface area contributed by atoms with Crippen molar-refractivity contribution in [3.8, 4) is 23.5 Å². The minimum Gasteiger partial charge on any atom is -0.120 e. The van der Waals surface area contributed by atoms with E-state index in [2.05, 4.69) is 46.1 Å². The maximum Gasteiger partial charge on any atom is 0.0343 e. The van der Waals surface area contributed by atoms with E-state index in [9.17, 15) is 0 Å². The molecule has 0 saturated carbocycles. The number of benzene rings is 2. The fraction of sp³-hybridized carbons (Fsp3) is 0.0667. The van der Waals surface area contributed by atoms with Crippen LogP contribution in [-0.4, -0.2) is 0 Å². The van der Waals surface area contributed by atoms with Crippen LogP contribution in [0.3, 0.4) is 0 Å². The Bertz CT molecular complexity index is 518. The van der Waals surface area contributed by atoms with Crippen LogP contribution in [0.25, 0.3) is 11.1 Å². The van der Waals surface area contributed by atoms with Crippen LogP contribution >= 0.6 is 15.9 Å². The highest BCUT2D eigenvalue weighted by Gasteiger charge is 2.02. The molecule has 2 rings (SSSR count). The van der Waals surface area contributed by atoms with Crippen LogP contribution in [0, 0.1) is 12.3 Å². The van der Waals surface area contributed by atoms with Gasteiger partial charge in [-0.3, -0.25) is 0 Å². The molecule has 0 nitrogen and oxygen atoms in total. The molecule has 0 amide bonds. The summed E-state index contributed by atoms with van der Waals surface area (Å²) in [7, 11) is 0. The standard InChI is InChI=1S/C15H11Br/c1-2-5-12-6-3-4-7-15(12)13-8-10-14(16)11-9-13/h1,3-4,6-11H,5H2. The molecule has 2 aromatic rings. The predicted molar refractivity (Wildman–Crippen MR) is 72.1 cm³/mol. The zero-order chi connectivity index (χ0) is 11.4. The number of halogens is 1. The number of hydrogen-bond donors (Lipinski definition) is 0. The van der Waals surface area contributed by atoms with Crippen molar-refractivity contribution in [2.24, 2.45) is 0 Å². The molecule has 0 aliphatic heterocycles. The molecule has 0 unspecified atom stereocenters. The van der Waals surface area contributed by atoms with Gasteiger partial charge in [0.2, 0.25) is 0 Å². The molecule has 78 valence electrons. The molecule has 0 heterocycles. The van der Waals surface area contributed by atoms with Crippen LogP contribution < -0.4 is 0 Å². The van der Waals surface area contributed by atoms with Crippen molar-refractivity contribution in [1.82, 2.24) is 0 Å².